The quantitative estimate of drug-likeness (QED) is 0.464. The van der Waals surface area contributed by atoms with E-state index in [4.69, 9.17) is 5.73 Å². The van der Waals surface area contributed by atoms with Crippen molar-refractivity contribution in [1.82, 2.24) is 24.5 Å². The summed E-state index contributed by atoms with van der Waals surface area (Å²) >= 11 is 1.43. The van der Waals surface area contributed by atoms with Crippen molar-refractivity contribution in [2.75, 3.05) is 11.1 Å². The predicted octanol–water partition coefficient (Wildman–Crippen LogP) is 4.12. The number of anilines is 3. The Bertz CT molecular complexity index is 1150. The van der Waals surface area contributed by atoms with Crippen molar-refractivity contribution < 1.29 is 4.39 Å². The number of nitrogens with two attached hydrogens (primary N) is 1. The highest BCUT2D eigenvalue weighted by Gasteiger charge is 2.11. The zero-order chi connectivity index (χ0) is 20.2. The van der Waals surface area contributed by atoms with Crippen molar-refractivity contribution in [3.63, 3.8) is 0 Å². The normalized spacial score (nSPS) is 10.8. The first-order valence-corrected chi connectivity index (χ1v) is 9.82. The van der Waals surface area contributed by atoms with Crippen LogP contribution >= 0.6 is 11.8 Å². The molecule has 0 amide bonds. The number of para-hydroxylation sites is 1. The molecule has 146 valence electrons. The van der Waals surface area contributed by atoms with Crippen molar-refractivity contribution in [3.8, 4) is 5.69 Å². The number of nitrogens with zero attached hydrogens (tertiary/aromatic N) is 5. The van der Waals surface area contributed by atoms with E-state index in [9.17, 15) is 4.39 Å². The minimum absolute atomic E-state index is 0.139. The van der Waals surface area contributed by atoms with Gasteiger partial charge in [-0.25, -0.2) is 9.37 Å². The average Bonchev–Trinajstić information content (AvgIpc) is 3.16. The molecule has 0 bridgehead atoms. The number of thioether (sulfide) groups is 1. The van der Waals surface area contributed by atoms with Gasteiger partial charge in [0.15, 0.2) is 5.16 Å². The summed E-state index contributed by atoms with van der Waals surface area (Å²) < 4.78 is 15.4. The molecule has 0 aliphatic carbocycles. The molecule has 29 heavy (non-hydrogen) atoms. The number of hydrogen-bond acceptors (Lipinski definition) is 7. The predicted molar refractivity (Wildman–Crippen MR) is 112 cm³/mol. The molecule has 0 spiro atoms. The van der Waals surface area contributed by atoms with Crippen LogP contribution in [0.25, 0.3) is 5.69 Å². The third-order valence-corrected chi connectivity index (χ3v) is 5.08. The lowest BCUT2D eigenvalue weighted by Crippen LogP contribution is -2.07. The summed E-state index contributed by atoms with van der Waals surface area (Å²) in [5, 5.41) is 3.87. The number of nitrogens with one attached hydrogen (secondary N) is 1. The van der Waals surface area contributed by atoms with Crippen LogP contribution in [0.4, 0.5) is 22.0 Å². The lowest BCUT2D eigenvalue weighted by Gasteiger charge is -2.10. The number of rotatable bonds is 6. The van der Waals surface area contributed by atoms with E-state index >= 15 is 0 Å². The molecule has 2 aromatic heterocycles. The summed E-state index contributed by atoms with van der Waals surface area (Å²) in [6.07, 6.45) is 3.45. The van der Waals surface area contributed by atoms with Gasteiger partial charge in [0, 0.05) is 18.1 Å². The van der Waals surface area contributed by atoms with Gasteiger partial charge in [0.05, 0.1) is 11.4 Å². The number of nitrogen functional groups attached to an aromatic ring is 1. The van der Waals surface area contributed by atoms with E-state index in [-0.39, 0.29) is 11.8 Å². The molecule has 0 saturated heterocycles. The molecular formula is C20H18FN7S. The fraction of sp³-hybridized carbons (Fsp3) is 0.100. The molecule has 2 aromatic carbocycles. The second kappa shape index (κ2) is 8.27. The maximum absolute atomic E-state index is 13.5. The highest BCUT2D eigenvalue weighted by molar-refractivity contribution is 7.98. The summed E-state index contributed by atoms with van der Waals surface area (Å²) in [4.78, 5) is 17.2. The van der Waals surface area contributed by atoms with Crippen LogP contribution < -0.4 is 11.1 Å². The average molecular weight is 407 g/mol. The van der Waals surface area contributed by atoms with Gasteiger partial charge in [-0.15, -0.1) is 0 Å². The van der Waals surface area contributed by atoms with Gasteiger partial charge in [-0.2, -0.15) is 15.0 Å². The fourth-order valence-corrected chi connectivity index (χ4v) is 3.57. The summed E-state index contributed by atoms with van der Waals surface area (Å²) in [6, 6.07) is 14.2. The van der Waals surface area contributed by atoms with Gasteiger partial charge in [-0.1, -0.05) is 36.0 Å². The number of hydrogen-bond donors (Lipinski definition) is 2. The van der Waals surface area contributed by atoms with E-state index in [1.165, 1.54) is 23.9 Å². The van der Waals surface area contributed by atoms with E-state index in [0.717, 1.165) is 11.3 Å². The highest BCUT2D eigenvalue weighted by atomic mass is 32.2. The Labute approximate surface area is 171 Å². The number of aryl methyl sites for hydroxylation is 1. The first-order valence-electron chi connectivity index (χ1n) is 8.83. The third-order valence-electron chi connectivity index (χ3n) is 4.11. The van der Waals surface area contributed by atoms with Crippen LogP contribution in [0.15, 0.2) is 66.1 Å². The maximum Gasteiger partial charge on any atom is 0.232 e. The van der Waals surface area contributed by atoms with Crippen molar-refractivity contribution in [3.05, 3.63) is 78.1 Å². The Morgan fingerprint density at radius 2 is 1.97 bits per heavy atom. The van der Waals surface area contributed by atoms with Crippen molar-refractivity contribution in [2.45, 2.75) is 17.8 Å². The molecule has 0 atom stereocenters. The molecule has 0 aliphatic heterocycles. The van der Waals surface area contributed by atoms with E-state index in [0.29, 0.717) is 28.4 Å². The first-order chi connectivity index (χ1) is 14.1. The van der Waals surface area contributed by atoms with Crippen molar-refractivity contribution in [2.24, 2.45) is 0 Å². The molecule has 0 aliphatic rings. The van der Waals surface area contributed by atoms with E-state index in [1.807, 2.05) is 41.8 Å². The molecule has 0 radical (unpaired) electrons. The number of benzene rings is 2. The minimum atomic E-state index is -0.302. The zero-order valence-electron chi connectivity index (χ0n) is 15.6. The Kier molecular flexibility index (Phi) is 5.39. The lowest BCUT2D eigenvalue weighted by atomic mass is 10.2. The van der Waals surface area contributed by atoms with Gasteiger partial charge in [0.25, 0.3) is 0 Å². The molecule has 4 rings (SSSR count). The molecule has 0 fully saturated rings. The standard InChI is InChI=1S/C20H18FN7S/c1-13-5-2-3-8-16(13)24-19-26-17(25-18(22)27-19)12-29-20-23-9-10-28(20)15-7-4-6-14(21)11-15/h2-11H,12H2,1H3,(H3,22,24,25,26,27). The Balaban J connectivity index is 1.52. The third kappa shape index (κ3) is 4.52. The zero-order valence-corrected chi connectivity index (χ0v) is 16.4. The van der Waals surface area contributed by atoms with Crippen LogP contribution in [0.5, 0.6) is 0 Å². The van der Waals surface area contributed by atoms with Gasteiger partial charge in [-0.3, -0.25) is 4.57 Å². The van der Waals surface area contributed by atoms with Crippen LogP contribution in [0.3, 0.4) is 0 Å². The van der Waals surface area contributed by atoms with Crippen LogP contribution in [-0.4, -0.2) is 24.5 Å². The van der Waals surface area contributed by atoms with Gasteiger partial charge in [-0.05, 0) is 36.8 Å². The lowest BCUT2D eigenvalue weighted by molar-refractivity contribution is 0.626. The Hall–Kier alpha value is -3.46. The van der Waals surface area contributed by atoms with Crippen LogP contribution in [0, 0.1) is 12.7 Å². The van der Waals surface area contributed by atoms with Crippen molar-refractivity contribution in [1.29, 1.82) is 0 Å². The smallest absolute Gasteiger partial charge is 0.232 e. The van der Waals surface area contributed by atoms with Gasteiger partial charge in [0.2, 0.25) is 11.9 Å². The molecular weight excluding hydrogens is 389 g/mol. The van der Waals surface area contributed by atoms with E-state index in [1.54, 1.807) is 18.5 Å². The van der Waals surface area contributed by atoms with Crippen LogP contribution in [-0.2, 0) is 5.75 Å². The van der Waals surface area contributed by atoms with E-state index in [2.05, 4.69) is 25.3 Å². The second-order valence-corrected chi connectivity index (χ2v) is 7.16. The number of imidazole rings is 1. The first kappa shape index (κ1) is 18.9. The largest absolute Gasteiger partial charge is 0.368 e. The molecule has 2 heterocycles. The summed E-state index contributed by atoms with van der Waals surface area (Å²) in [6.45, 7) is 2.00. The van der Waals surface area contributed by atoms with Crippen LogP contribution in [0.1, 0.15) is 11.4 Å². The van der Waals surface area contributed by atoms with Gasteiger partial charge in [0.1, 0.15) is 11.6 Å². The topological polar surface area (TPSA) is 94.5 Å². The maximum atomic E-state index is 13.5. The van der Waals surface area contributed by atoms with Crippen molar-refractivity contribution >= 4 is 29.3 Å². The van der Waals surface area contributed by atoms with Gasteiger partial charge >= 0.3 is 0 Å². The SMILES string of the molecule is Cc1ccccc1Nc1nc(N)nc(CSc2nccn2-c2cccc(F)c2)n1. The monoisotopic (exact) mass is 407 g/mol. The van der Waals surface area contributed by atoms with E-state index < -0.39 is 0 Å². The number of aromatic nitrogens is 5. The molecule has 3 N–H and O–H groups in total. The molecule has 9 heteroatoms. The minimum Gasteiger partial charge on any atom is -0.368 e. The fourth-order valence-electron chi connectivity index (χ4n) is 2.74. The molecule has 7 nitrogen and oxygen atoms in total. The second-order valence-electron chi connectivity index (χ2n) is 6.22. The highest BCUT2D eigenvalue weighted by Crippen LogP contribution is 2.24. The summed E-state index contributed by atoms with van der Waals surface area (Å²) in [5.74, 6) is 1.18. The Morgan fingerprint density at radius 1 is 1.10 bits per heavy atom. The Morgan fingerprint density at radius 3 is 2.79 bits per heavy atom. The summed E-state index contributed by atoms with van der Waals surface area (Å²) in [5.41, 5.74) is 8.53. The number of halogens is 1. The van der Waals surface area contributed by atoms with Gasteiger partial charge < -0.3 is 11.1 Å². The van der Waals surface area contributed by atoms with Crippen LogP contribution in [0.2, 0.25) is 0 Å². The summed E-state index contributed by atoms with van der Waals surface area (Å²) in [7, 11) is 0. The molecule has 4 aromatic rings. The molecule has 0 saturated carbocycles. The molecule has 0 unspecified atom stereocenters.